The van der Waals surface area contributed by atoms with Crippen LogP contribution in [0.3, 0.4) is 0 Å². The summed E-state index contributed by atoms with van der Waals surface area (Å²) in [6, 6.07) is 6.12. The topological polar surface area (TPSA) is 65.1 Å². The lowest BCUT2D eigenvalue weighted by molar-refractivity contribution is -0.136. The second kappa shape index (κ2) is 6.63. The summed E-state index contributed by atoms with van der Waals surface area (Å²) in [5.74, 6) is 1.06. The fraction of sp³-hybridized carbons (Fsp3) is 0.500. The normalized spacial score (nSPS) is 24.3. The van der Waals surface area contributed by atoms with Gasteiger partial charge in [-0.25, -0.2) is 9.97 Å². The number of rotatable bonds is 3. The third kappa shape index (κ3) is 2.88. The predicted octanol–water partition coefficient (Wildman–Crippen LogP) is 2.38. The number of nitrogens with one attached hydrogen (secondary N) is 1. The summed E-state index contributed by atoms with van der Waals surface area (Å²) >= 11 is 0. The van der Waals surface area contributed by atoms with Crippen LogP contribution >= 0.6 is 0 Å². The molecule has 2 aliphatic heterocycles. The van der Waals surface area contributed by atoms with E-state index in [1.165, 1.54) is 0 Å². The molecule has 0 saturated carbocycles. The van der Waals surface area contributed by atoms with Gasteiger partial charge in [0, 0.05) is 43.9 Å². The van der Waals surface area contributed by atoms with Crippen molar-refractivity contribution < 1.29 is 4.79 Å². The average molecular weight is 325 g/mol. The highest BCUT2D eigenvalue weighted by Gasteiger charge is 2.36. The minimum absolute atomic E-state index is 0.0399. The molecule has 2 aromatic rings. The number of likely N-dealkylation sites (tertiary alicyclic amines) is 1. The average Bonchev–Trinajstić information content (AvgIpc) is 3.33. The quantitative estimate of drug-likeness (QED) is 0.941. The number of H-pyrrole nitrogens is 1. The molecule has 0 aromatic carbocycles. The molecule has 4 heterocycles. The fourth-order valence-corrected chi connectivity index (χ4v) is 3.95. The van der Waals surface area contributed by atoms with Crippen molar-refractivity contribution in [2.24, 2.45) is 5.92 Å². The van der Waals surface area contributed by atoms with Gasteiger partial charge >= 0.3 is 0 Å². The third-order valence-corrected chi connectivity index (χ3v) is 5.12. The number of carbonyl (C=O) groups excluding carboxylic acids is 1. The van der Waals surface area contributed by atoms with Crippen LogP contribution in [0.1, 0.15) is 37.4 Å². The Morgan fingerprint density at radius 2 is 1.96 bits per heavy atom. The number of aromatic nitrogens is 3. The lowest BCUT2D eigenvalue weighted by Crippen LogP contribution is -2.45. The van der Waals surface area contributed by atoms with Crippen molar-refractivity contribution in [2.75, 3.05) is 24.5 Å². The molecule has 6 nitrogen and oxygen atoms in total. The summed E-state index contributed by atoms with van der Waals surface area (Å²) in [7, 11) is 0. The molecule has 0 aliphatic carbocycles. The Morgan fingerprint density at radius 3 is 2.75 bits per heavy atom. The summed E-state index contributed by atoms with van der Waals surface area (Å²) in [6.07, 6.45) is 9.54. The molecule has 126 valence electrons. The number of amides is 1. The highest BCUT2D eigenvalue weighted by Crippen LogP contribution is 2.33. The van der Waals surface area contributed by atoms with Crippen LogP contribution in [0.2, 0.25) is 0 Å². The molecule has 0 spiro atoms. The summed E-state index contributed by atoms with van der Waals surface area (Å²) < 4.78 is 0. The van der Waals surface area contributed by atoms with E-state index in [4.69, 9.17) is 0 Å². The first-order chi connectivity index (χ1) is 11.8. The number of hydrogen-bond donors (Lipinski definition) is 1. The van der Waals surface area contributed by atoms with Gasteiger partial charge in [-0.1, -0.05) is 0 Å². The highest BCUT2D eigenvalue weighted by molar-refractivity contribution is 5.80. The molecule has 2 aromatic heterocycles. The van der Waals surface area contributed by atoms with Crippen LogP contribution in [0.25, 0.3) is 0 Å². The predicted molar refractivity (Wildman–Crippen MR) is 91.4 cm³/mol. The molecule has 2 fully saturated rings. The largest absolute Gasteiger partial charge is 0.363 e. The molecule has 2 saturated heterocycles. The zero-order chi connectivity index (χ0) is 16.4. The summed E-state index contributed by atoms with van der Waals surface area (Å²) in [5, 5.41) is 0. The van der Waals surface area contributed by atoms with E-state index in [0.29, 0.717) is 0 Å². The van der Waals surface area contributed by atoms with Gasteiger partial charge in [-0.3, -0.25) is 4.79 Å². The maximum atomic E-state index is 13.1. The van der Waals surface area contributed by atoms with Crippen LogP contribution in [0.5, 0.6) is 0 Å². The Bertz CT molecular complexity index is 672. The van der Waals surface area contributed by atoms with Gasteiger partial charge in [-0.15, -0.1) is 0 Å². The van der Waals surface area contributed by atoms with Gasteiger partial charge in [0.25, 0.3) is 0 Å². The lowest BCUT2D eigenvalue weighted by atomic mass is 9.96. The molecule has 0 radical (unpaired) electrons. The molecule has 24 heavy (non-hydrogen) atoms. The first-order valence-electron chi connectivity index (χ1n) is 8.78. The molecule has 2 aliphatic rings. The number of nitrogens with zero attached hydrogens (tertiary/aromatic N) is 4. The smallest absolute Gasteiger partial charge is 0.228 e. The van der Waals surface area contributed by atoms with E-state index in [2.05, 4.69) is 30.8 Å². The van der Waals surface area contributed by atoms with E-state index in [1.807, 2.05) is 18.3 Å². The summed E-state index contributed by atoms with van der Waals surface area (Å²) in [5.41, 5.74) is 1.15. The van der Waals surface area contributed by atoms with Crippen LogP contribution < -0.4 is 4.90 Å². The standard InChI is InChI=1S/C18H23N5O/c24-17(23-12-3-7-16(23)15-6-1-8-19-15)14-5-2-11-22(13-14)18-20-9-4-10-21-18/h1,4,6,8-10,14,16,19H,2-3,5,7,11-13H2/t14-,16+/m1/s1. The van der Waals surface area contributed by atoms with E-state index in [0.717, 1.165) is 57.0 Å². The van der Waals surface area contributed by atoms with Crippen LogP contribution in [0.4, 0.5) is 5.95 Å². The van der Waals surface area contributed by atoms with Gasteiger partial charge in [0.1, 0.15) is 0 Å². The van der Waals surface area contributed by atoms with Gasteiger partial charge in [0.15, 0.2) is 0 Å². The van der Waals surface area contributed by atoms with E-state index < -0.39 is 0 Å². The molecule has 0 bridgehead atoms. The zero-order valence-corrected chi connectivity index (χ0v) is 13.8. The van der Waals surface area contributed by atoms with Crippen molar-refractivity contribution in [3.8, 4) is 0 Å². The van der Waals surface area contributed by atoms with Gasteiger partial charge in [-0.2, -0.15) is 0 Å². The minimum atomic E-state index is 0.0399. The van der Waals surface area contributed by atoms with Crippen LogP contribution in [0, 0.1) is 5.92 Å². The molecular formula is C18H23N5O. The maximum absolute atomic E-state index is 13.1. The van der Waals surface area contributed by atoms with E-state index in [1.54, 1.807) is 12.4 Å². The molecule has 6 heteroatoms. The second-order valence-electron chi connectivity index (χ2n) is 6.65. The Morgan fingerprint density at radius 1 is 1.12 bits per heavy atom. The number of anilines is 1. The molecule has 0 unspecified atom stereocenters. The highest BCUT2D eigenvalue weighted by atomic mass is 16.2. The van der Waals surface area contributed by atoms with Crippen molar-refractivity contribution in [1.82, 2.24) is 19.9 Å². The lowest BCUT2D eigenvalue weighted by Gasteiger charge is -2.35. The zero-order valence-electron chi connectivity index (χ0n) is 13.8. The Kier molecular flexibility index (Phi) is 4.19. The van der Waals surface area contributed by atoms with Gasteiger partial charge in [0.05, 0.1) is 12.0 Å². The molecule has 2 atom stereocenters. The van der Waals surface area contributed by atoms with E-state index in [-0.39, 0.29) is 17.9 Å². The van der Waals surface area contributed by atoms with Crippen molar-refractivity contribution in [3.05, 3.63) is 42.5 Å². The van der Waals surface area contributed by atoms with Gasteiger partial charge < -0.3 is 14.8 Å². The SMILES string of the molecule is O=C([C@@H]1CCCN(c2ncccn2)C1)N1CCC[C@H]1c1ccc[nH]1. The number of hydrogen-bond acceptors (Lipinski definition) is 4. The van der Waals surface area contributed by atoms with Gasteiger partial charge in [-0.05, 0) is 43.9 Å². The van der Waals surface area contributed by atoms with Crippen molar-refractivity contribution in [3.63, 3.8) is 0 Å². The Labute approximate surface area is 141 Å². The number of carbonyl (C=O) groups is 1. The second-order valence-corrected chi connectivity index (χ2v) is 6.65. The monoisotopic (exact) mass is 325 g/mol. The van der Waals surface area contributed by atoms with Crippen molar-refractivity contribution in [1.29, 1.82) is 0 Å². The van der Waals surface area contributed by atoms with Gasteiger partial charge in [0.2, 0.25) is 11.9 Å². The molecular weight excluding hydrogens is 302 g/mol. The molecule has 4 rings (SSSR count). The van der Waals surface area contributed by atoms with Crippen molar-refractivity contribution >= 4 is 11.9 Å². The van der Waals surface area contributed by atoms with Crippen LogP contribution in [0.15, 0.2) is 36.8 Å². The minimum Gasteiger partial charge on any atom is -0.363 e. The van der Waals surface area contributed by atoms with E-state index in [9.17, 15) is 4.79 Å². The number of piperidine rings is 1. The summed E-state index contributed by atoms with van der Waals surface area (Å²) in [6.45, 7) is 2.51. The Hall–Kier alpha value is -2.37. The Balaban J connectivity index is 1.47. The first-order valence-corrected chi connectivity index (χ1v) is 8.78. The maximum Gasteiger partial charge on any atom is 0.228 e. The molecule has 1 amide bonds. The van der Waals surface area contributed by atoms with Crippen molar-refractivity contribution in [2.45, 2.75) is 31.7 Å². The van der Waals surface area contributed by atoms with E-state index >= 15 is 0 Å². The third-order valence-electron chi connectivity index (χ3n) is 5.12. The summed E-state index contributed by atoms with van der Waals surface area (Å²) in [4.78, 5) is 29.3. The fourth-order valence-electron chi connectivity index (χ4n) is 3.95. The van der Waals surface area contributed by atoms with Crippen LogP contribution in [-0.2, 0) is 4.79 Å². The molecule has 1 N–H and O–H groups in total. The van der Waals surface area contributed by atoms with Crippen LogP contribution in [-0.4, -0.2) is 45.4 Å². The number of aromatic amines is 1. The first kappa shape index (κ1) is 15.2.